The lowest BCUT2D eigenvalue weighted by atomic mass is 10.3. The van der Waals surface area contributed by atoms with E-state index in [2.05, 4.69) is 21.2 Å². The summed E-state index contributed by atoms with van der Waals surface area (Å²) in [5.74, 6) is 0.857. The topological polar surface area (TPSA) is 30.5 Å². The van der Waals surface area contributed by atoms with Crippen molar-refractivity contribution < 1.29 is 9.47 Å². The predicted octanol–water partition coefficient (Wildman–Crippen LogP) is 3.30. The molecule has 4 heteroatoms. The van der Waals surface area contributed by atoms with Crippen LogP contribution < -0.4 is 10.1 Å². The van der Waals surface area contributed by atoms with Gasteiger partial charge in [-0.15, -0.1) is 0 Å². The van der Waals surface area contributed by atoms with Gasteiger partial charge in [0, 0.05) is 30.3 Å². The van der Waals surface area contributed by atoms with Gasteiger partial charge in [0.05, 0.1) is 12.8 Å². The minimum Gasteiger partial charge on any atom is -0.497 e. The van der Waals surface area contributed by atoms with E-state index >= 15 is 0 Å². The standard InChI is InChI=1S/C12H18BrNO2/c1-3-16-8-4-7-14-12-9-10(15-2)5-6-11(12)13/h5-6,9,14H,3-4,7-8H2,1-2H3. The number of halogens is 1. The van der Waals surface area contributed by atoms with Crippen LogP contribution in [0.1, 0.15) is 13.3 Å². The molecule has 1 rings (SSSR count). The summed E-state index contributed by atoms with van der Waals surface area (Å²) in [6.07, 6.45) is 0.998. The highest BCUT2D eigenvalue weighted by Gasteiger charge is 2.00. The maximum Gasteiger partial charge on any atom is 0.121 e. The van der Waals surface area contributed by atoms with Crippen molar-refractivity contribution in [2.24, 2.45) is 0 Å². The number of ether oxygens (including phenoxy) is 2. The molecule has 0 saturated carbocycles. The zero-order valence-electron chi connectivity index (χ0n) is 9.75. The smallest absolute Gasteiger partial charge is 0.121 e. The van der Waals surface area contributed by atoms with Gasteiger partial charge in [0.25, 0.3) is 0 Å². The SMILES string of the molecule is CCOCCCNc1cc(OC)ccc1Br. The van der Waals surface area contributed by atoms with Crippen LogP contribution in [0.2, 0.25) is 0 Å². The van der Waals surface area contributed by atoms with E-state index in [1.165, 1.54) is 0 Å². The molecule has 0 aliphatic rings. The quantitative estimate of drug-likeness (QED) is 0.781. The Morgan fingerprint density at radius 1 is 1.38 bits per heavy atom. The molecule has 0 aliphatic carbocycles. The molecule has 1 aromatic carbocycles. The number of anilines is 1. The maximum absolute atomic E-state index is 5.27. The largest absolute Gasteiger partial charge is 0.497 e. The third-order valence-electron chi connectivity index (χ3n) is 2.16. The third kappa shape index (κ3) is 4.41. The van der Waals surface area contributed by atoms with Gasteiger partial charge in [-0.3, -0.25) is 0 Å². The molecular formula is C12H18BrNO2. The summed E-state index contributed by atoms with van der Waals surface area (Å²) >= 11 is 3.49. The molecule has 0 aromatic heterocycles. The Balaban J connectivity index is 2.40. The molecular weight excluding hydrogens is 270 g/mol. The summed E-state index contributed by atoms with van der Waals surface area (Å²) in [4.78, 5) is 0. The summed E-state index contributed by atoms with van der Waals surface area (Å²) in [6, 6.07) is 5.88. The number of nitrogens with one attached hydrogen (secondary N) is 1. The summed E-state index contributed by atoms with van der Waals surface area (Å²) in [7, 11) is 1.67. The van der Waals surface area contributed by atoms with Gasteiger partial charge in [0.2, 0.25) is 0 Å². The van der Waals surface area contributed by atoms with E-state index in [4.69, 9.17) is 9.47 Å². The highest BCUT2D eigenvalue weighted by molar-refractivity contribution is 9.10. The summed E-state index contributed by atoms with van der Waals surface area (Å²) < 4.78 is 11.5. The van der Waals surface area contributed by atoms with Crippen LogP contribution in [-0.2, 0) is 4.74 Å². The minimum absolute atomic E-state index is 0.781. The molecule has 0 atom stereocenters. The third-order valence-corrected chi connectivity index (χ3v) is 2.85. The molecule has 0 aliphatic heterocycles. The fourth-order valence-corrected chi connectivity index (χ4v) is 1.70. The molecule has 1 aromatic rings. The van der Waals surface area contributed by atoms with Gasteiger partial charge in [-0.05, 0) is 41.4 Å². The van der Waals surface area contributed by atoms with E-state index in [1.807, 2.05) is 25.1 Å². The zero-order chi connectivity index (χ0) is 11.8. The van der Waals surface area contributed by atoms with E-state index in [1.54, 1.807) is 7.11 Å². The molecule has 0 heterocycles. The number of rotatable bonds is 7. The van der Waals surface area contributed by atoms with Gasteiger partial charge in [-0.1, -0.05) is 0 Å². The van der Waals surface area contributed by atoms with Crippen LogP contribution in [0.4, 0.5) is 5.69 Å². The molecule has 0 radical (unpaired) electrons. The van der Waals surface area contributed by atoms with E-state index in [9.17, 15) is 0 Å². The molecule has 16 heavy (non-hydrogen) atoms. The number of benzene rings is 1. The number of hydrogen-bond donors (Lipinski definition) is 1. The Bertz CT molecular complexity index is 318. The minimum atomic E-state index is 0.781. The first-order valence-corrected chi connectivity index (χ1v) is 6.22. The molecule has 0 saturated heterocycles. The Morgan fingerprint density at radius 2 is 2.19 bits per heavy atom. The second-order valence-electron chi connectivity index (χ2n) is 3.32. The van der Waals surface area contributed by atoms with Crippen molar-refractivity contribution >= 4 is 21.6 Å². The highest BCUT2D eigenvalue weighted by atomic mass is 79.9. The number of hydrogen-bond acceptors (Lipinski definition) is 3. The van der Waals surface area contributed by atoms with Gasteiger partial charge < -0.3 is 14.8 Å². The van der Waals surface area contributed by atoms with Gasteiger partial charge in [-0.2, -0.15) is 0 Å². The first kappa shape index (κ1) is 13.3. The molecule has 0 amide bonds. The van der Waals surface area contributed by atoms with Crippen molar-refractivity contribution in [2.75, 3.05) is 32.2 Å². The fraction of sp³-hybridized carbons (Fsp3) is 0.500. The van der Waals surface area contributed by atoms with Crippen LogP contribution >= 0.6 is 15.9 Å². The lowest BCUT2D eigenvalue weighted by Gasteiger charge is -2.10. The normalized spacial score (nSPS) is 10.2. The Hall–Kier alpha value is -0.740. The Morgan fingerprint density at radius 3 is 2.88 bits per heavy atom. The lowest BCUT2D eigenvalue weighted by molar-refractivity contribution is 0.147. The van der Waals surface area contributed by atoms with Crippen molar-refractivity contribution in [1.82, 2.24) is 0 Å². The van der Waals surface area contributed by atoms with Crippen molar-refractivity contribution in [2.45, 2.75) is 13.3 Å². The van der Waals surface area contributed by atoms with Gasteiger partial charge in [0.15, 0.2) is 0 Å². The first-order chi connectivity index (χ1) is 7.77. The summed E-state index contributed by atoms with van der Waals surface area (Å²) in [6.45, 7) is 4.48. The van der Waals surface area contributed by atoms with Crippen LogP contribution in [0.5, 0.6) is 5.75 Å². The van der Waals surface area contributed by atoms with E-state index < -0.39 is 0 Å². The van der Waals surface area contributed by atoms with Crippen LogP contribution in [0.15, 0.2) is 22.7 Å². The molecule has 0 bridgehead atoms. The van der Waals surface area contributed by atoms with E-state index in [0.717, 1.165) is 42.1 Å². The molecule has 0 fully saturated rings. The second-order valence-corrected chi connectivity index (χ2v) is 4.18. The fourth-order valence-electron chi connectivity index (χ4n) is 1.31. The molecule has 90 valence electrons. The highest BCUT2D eigenvalue weighted by Crippen LogP contribution is 2.26. The van der Waals surface area contributed by atoms with Crippen molar-refractivity contribution in [3.63, 3.8) is 0 Å². The van der Waals surface area contributed by atoms with Crippen LogP contribution in [0.25, 0.3) is 0 Å². The van der Waals surface area contributed by atoms with Gasteiger partial charge in [-0.25, -0.2) is 0 Å². The average molecular weight is 288 g/mol. The molecule has 3 nitrogen and oxygen atoms in total. The molecule has 1 N–H and O–H groups in total. The van der Waals surface area contributed by atoms with Gasteiger partial charge >= 0.3 is 0 Å². The summed E-state index contributed by atoms with van der Waals surface area (Å²) in [5, 5.41) is 3.34. The maximum atomic E-state index is 5.27. The first-order valence-electron chi connectivity index (χ1n) is 5.43. The van der Waals surface area contributed by atoms with Crippen molar-refractivity contribution in [3.8, 4) is 5.75 Å². The average Bonchev–Trinajstić information content (AvgIpc) is 2.31. The monoisotopic (exact) mass is 287 g/mol. The number of methoxy groups -OCH3 is 1. The Labute approximate surface area is 105 Å². The zero-order valence-corrected chi connectivity index (χ0v) is 11.3. The predicted molar refractivity (Wildman–Crippen MR) is 70.3 cm³/mol. The van der Waals surface area contributed by atoms with Crippen LogP contribution in [0, 0.1) is 0 Å². The Kier molecular flexibility index (Phi) is 6.26. The van der Waals surface area contributed by atoms with Gasteiger partial charge in [0.1, 0.15) is 5.75 Å². The second kappa shape index (κ2) is 7.52. The van der Waals surface area contributed by atoms with Crippen LogP contribution in [0.3, 0.4) is 0 Å². The van der Waals surface area contributed by atoms with Crippen LogP contribution in [-0.4, -0.2) is 26.9 Å². The molecule has 0 spiro atoms. The van der Waals surface area contributed by atoms with Crippen molar-refractivity contribution in [3.05, 3.63) is 22.7 Å². The van der Waals surface area contributed by atoms with E-state index in [0.29, 0.717) is 0 Å². The van der Waals surface area contributed by atoms with E-state index in [-0.39, 0.29) is 0 Å². The lowest BCUT2D eigenvalue weighted by Crippen LogP contribution is -2.06. The molecule has 0 unspecified atom stereocenters. The van der Waals surface area contributed by atoms with Crippen molar-refractivity contribution in [1.29, 1.82) is 0 Å². The summed E-state index contributed by atoms with van der Waals surface area (Å²) in [5.41, 5.74) is 1.05.